The Hall–Kier alpha value is -2.12. The molecule has 0 saturated carbocycles. The predicted octanol–water partition coefficient (Wildman–Crippen LogP) is 4.75. The Kier molecular flexibility index (Phi) is 8.63. The quantitative estimate of drug-likeness (QED) is 0.503. The van der Waals surface area contributed by atoms with Gasteiger partial charge in [0.25, 0.3) is 0 Å². The van der Waals surface area contributed by atoms with Gasteiger partial charge in [0.2, 0.25) is 5.91 Å². The summed E-state index contributed by atoms with van der Waals surface area (Å²) in [7, 11) is 1.31. The molecule has 1 heterocycles. The van der Waals surface area contributed by atoms with Crippen LogP contribution < -0.4 is 0 Å². The summed E-state index contributed by atoms with van der Waals surface area (Å²) < 4.78 is 5.07. The van der Waals surface area contributed by atoms with Crippen LogP contribution in [0.4, 0.5) is 0 Å². The summed E-state index contributed by atoms with van der Waals surface area (Å²) in [5, 5.41) is 20.9. The summed E-state index contributed by atoms with van der Waals surface area (Å²) in [6.45, 7) is 3.15. The number of hydrogen-bond acceptors (Lipinski definition) is 5. The number of esters is 1. The molecule has 2 unspecified atom stereocenters. The number of aliphatic hydroxyl groups is 2. The van der Waals surface area contributed by atoms with Gasteiger partial charge >= 0.3 is 5.97 Å². The van der Waals surface area contributed by atoms with Crippen molar-refractivity contribution in [2.24, 2.45) is 5.41 Å². The van der Waals surface area contributed by atoms with Gasteiger partial charge in [0.15, 0.2) is 0 Å². The average Bonchev–Trinajstić information content (AvgIpc) is 2.82. The number of methoxy groups -OCH3 is 1. The Morgan fingerprint density at radius 2 is 1.85 bits per heavy atom. The normalized spacial score (nSPS) is 24.6. The van der Waals surface area contributed by atoms with Gasteiger partial charge in [-0.25, -0.2) is 4.79 Å². The topological polar surface area (TPSA) is 87.1 Å². The van der Waals surface area contributed by atoms with Gasteiger partial charge in [0.1, 0.15) is 6.04 Å². The maximum absolute atomic E-state index is 14.1. The predicted molar refractivity (Wildman–Crippen MR) is 132 cm³/mol. The van der Waals surface area contributed by atoms with E-state index in [2.05, 4.69) is 0 Å². The number of benzene rings is 2. The van der Waals surface area contributed by atoms with Crippen molar-refractivity contribution in [3.05, 3.63) is 69.7 Å². The van der Waals surface area contributed by atoms with Crippen molar-refractivity contribution in [1.82, 2.24) is 4.90 Å². The molecule has 5 atom stereocenters. The lowest BCUT2D eigenvalue weighted by atomic mass is 9.66. The summed E-state index contributed by atoms with van der Waals surface area (Å²) in [6.07, 6.45) is -0.268. The van der Waals surface area contributed by atoms with E-state index in [1.54, 1.807) is 30.0 Å². The summed E-state index contributed by atoms with van der Waals surface area (Å²) >= 11 is 12.5. The van der Waals surface area contributed by atoms with Crippen molar-refractivity contribution in [2.75, 3.05) is 13.7 Å². The van der Waals surface area contributed by atoms with Crippen molar-refractivity contribution in [3.63, 3.8) is 0 Å². The maximum atomic E-state index is 14.1. The van der Waals surface area contributed by atoms with Gasteiger partial charge in [-0.05, 0) is 54.7 Å². The number of amides is 1. The van der Waals surface area contributed by atoms with E-state index < -0.39 is 36.2 Å². The fourth-order valence-corrected chi connectivity index (χ4v) is 5.43. The molecular weight excluding hydrogens is 477 g/mol. The Balaban J connectivity index is 2.25. The number of piperidine rings is 1. The number of halogens is 2. The second-order valence-corrected chi connectivity index (χ2v) is 10.00. The Bertz CT molecular complexity index is 1010. The summed E-state index contributed by atoms with van der Waals surface area (Å²) in [5.41, 5.74) is 0.712. The van der Waals surface area contributed by atoms with E-state index in [4.69, 9.17) is 27.9 Å². The standard InChI is InChI=1S/C26H31Cl2NO5/c1-4-22(24(32)34-3)29-23(16-8-10-18(27)11-9-16)21(17-6-5-7-19(28)12-17)14-26(2,25(29)33)13-20(31)15-30/h5-12,20-23,30-31H,4,13-15H2,1-3H3/t20?,21-,22?,23-,26+/m1/s1. The minimum absolute atomic E-state index is 0.0564. The number of ether oxygens (including phenoxy) is 1. The smallest absolute Gasteiger partial charge is 0.328 e. The molecule has 8 heteroatoms. The zero-order chi connectivity index (χ0) is 25.0. The summed E-state index contributed by atoms with van der Waals surface area (Å²) in [5.74, 6) is -1.02. The summed E-state index contributed by atoms with van der Waals surface area (Å²) in [6, 6.07) is 13.4. The highest BCUT2D eigenvalue weighted by molar-refractivity contribution is 6.30. The average molecular weight is 508 g/mol. The first-order valence-electron chi connectivity index (χ1n) is 11.4. The van der Waals surface area contributed by atoms with Crippen LogP contribution in [0, 0.1) is 5.41 Å². The molecule has 2 aromatic rings. The molecule has 1 fully saturated rings. The Labute approximate surface area is 210 Å². The Morgan fingerprint density at radius 3 is 2.41 bits per heavy atom. The van der Waals surface area contributed by atoms with Crippen molar-refractivity contribution in [2.45, 2.75) is 57.2 Å². The van der Waals surface area contributed by atoms with Gasteiger partial charge < -0.3 is 19.8 Å². The fraction of sp³-hybridized carbons (Fsp3) is 0.462. The molecule has 1 aliphatic heterocycles. The van der Waals surface area contributed by atoms with Crippen LogP contribution in [0.1, 0.15) is 56.2 Å². The SMILES string of the molecule is CCC(C(=O)OC)N1C(=O)[C@@](C)(CC(O)CO)C[C@H](c2cccc(Cl)c2)[C@H]1c1ccc(Cl)cc1. The molecule has 1 aliphatic rings. The van der Waals surface area contributed by atoms with Gasteiger partial charge in [-0.15, -0.1) is 0 Å². The number of rotatable bonds is 8. The third-order valence-electron chi connectivity index (χ3n) is 6.68. The van der Waals surface area contributed by atoms with E-state index in [1.165, 1.54) is 7.11 Å². The molecule has 3 rings (SSSR count). The number of aliphatic hydroxyl groups excluding tert-OH is 2. The highest BCUT2D eigenvalue weighted by Crippen LogP contribution is 2.52. The molecule has 184 valence electrons. The lowest BCUT2D eigenvalue weighted by molar-refractivity contribution is -0.167. The number of carbonyl (C=O) groups is 2. The van der Waals surface area contributed by atoms with E-state index in [1.807, 2.05) is 37.3 Å². The number of carbonyl (C=O) groups excluding carboxylic acids is 2. The minimum Gasteiger partial charge on any atom is -0.467 e. The summed E-state index contributed by atoms with van der Waals surface area (Å²) in [4.78, 5) is 28.6. The monoisotopic (exact) mass is 507 g/mol. The fourth-order valence-electron chi connectivity index (χ4n) is 5.11. The molecule has 6 nitrogen and oxygen atoms in total. The maximum Gasteiger partial charge on any atom is 0.328 e. The van der Waals surface area contributed by atoms with Gasteiger partial charge in [-0.3, -0.25) is 4.79 Å². The zero-order valence-corrected chi connectivity index (χ0v) is 21.1. The van der Waals surface area contributed by atoms with E-state index in [0.29, 0.717) is 22.9 Å². The number of hydrogen-bond donors (Lipinski definition) is 2. The third-order valence-corrected chi connectivity index (χ3v) is 7.17. The van der Waals surface area contributed by atoms with Gasteiger partial charge in [0.05, 0.1) is 25.9 Å². The van der Waals surface area contributed by atoms with E-state index in [-0.39, 0.29) is 18.2 Å². The molecule has 0 aliphatic carbocycles. The van der Waals surface area contributed by atoms with Crippen LogP contribution >= 0.6 is 23.2 Å². The number of nitrogens with zero attached hydrogens (tertiary/aromatic N) is 1. The van der Waals surface area contributed by atoms with E-state index in [9.17, 15) is 19.8 Å². The number of likely N-dealkylation sites (tertiary alicyclic amines) is 1. The van der Waals surface area contributed by atoms with Crippen molar-refractivity contribution in [1.29, 1.82) is 0 Å². The molecule has 1 amide bonds. The zero-order valence-electron chi connectivity index (χ0n) is 19.6. The lowest BCUT2D eigenvalue weighted by Gasteiger charge is -2.51. The molecule has 34 heavy (non-hydrogen) atoms. The lowest BCUT2D eigenvalue weighted by Crippen LogP contribution is -2.58. The highest BCUT2D eigenvalue weighted by Gasteiger charge is 2.53. The highest BCUT2D eigenvalue weighted by atomic mass is 35.5. The Morgan fingerprint density at radius 1 is 1.18 bits per heavy atom. The van der Waals surface area contributed by atoms with Crippen LogP contribution in [0.2, 0.25) is 10.0 Å². The first kappa shape index (κ1) is 26.5. The first-order valence-corrected chi connectivity index (χ1v) is 12.1. The molecule has 0 bridgehead atoms. The largest absolute Gasteiger partial charge is 0.467 e. The molecule has 2 N–H and O–H groups in total. The third kappa shape index (κ3) is 5.41. The van der Waals surface area contributed by atoms with Crippen molar-refractivity contribution < 1.29 is 24.5 Å². The molecular formula is C26H31Cl2NO5. The molecule has 1 saturated heterocycles. The molecule has 0 radical (unpaired) electrons. The van der Waals surface area contributed by atoms with E-state index >= 15 is 0 Å². The van der Waals surface area contributed by atoms with Gasteiger partial charge in [-0.2, -0.15) is 0 Å². The van der Waals surface area contributed by atoms with Crippen LogP contribution in [-0.4, -0.2) is 52.9 Å². The van der Waals surface area contributed by atoms with Gasteiger partial charge in [-0.1, -0.05) is 61.3 Å². The van der Waals surface area contributed by atoms with Crippen LogP contribution in [0.3, 0.4) is 0 Å². The van der Waals surface area contributed by atoms with Crippen LogP contribution in [0.5, 0.6) is 0 Å². The van der Waals surface area contributed by atoms with Crippen LogP contribution in [-0.2, 0) is 14.3 Å². The minimum atomic E-state index is -1.07. The van der Waals surface area contributed by atoms with E-state index in [0.717, 1.165) is 11.1 Å². The molecule has 0 aromatic heterocycles. The second kappa shape index (κ2) is 11.1. The first-order chi connectivity index (χ1) is 16.1. The van der Waals surface area contributed by atoms with Crippen molar-refractivity contribution >= 4 is 35.1 Å². The van der Waals surface area contributed by atoms with Crippen molar-refractivity contribution in [3.8, 4) is 0 Å². The van der Waals surface area contributed by atoms with Crippen LogP contribution in [0.15, 0.2) is 48.5 Å². The second-order valence-electron chi connectivity index (χ2n) is 9.12. The van der Waals surface area contributed by atoms with Crippen LogP contribution in [0.25, 0.3) is 0 Å². The molecule has 2 aromatic carbocycles. The molecule has 0 spiro atoms. The van der Waals surface area contributed by atoms with Gasteiger partial charge in [0, 0.05) is 21.4 Å².